The molecule has 1 fully saturated rings. The summed E-state index contributed by atoms with van der Waals surface area (Å²) in [5, 5.41) is 9.09. The van der Waals surface area contributed by atoms with Crippen LogP contribution in [0.1, 0.15) is 40.8 Å². The van der Waals surface area contributed by atoms with Crippen molar-refractivity contribution in [2.24, 2.45) is 0 Å². The van der Waals surface area contributed by atoms with E-state index in [-0.39, 0.29) is 41.6 Å². The van der Waals surface area contributed by atoms with Crippen molar-refractivity contribution in [3.63, 3.8) is 0 Å². The summed E-state index contributed by atoms with van der Waals surface area (Å²) in [6, 6.07) is 5.00. The van der Waals surface area contributed by atoms with Gasteiger partial charge >= 0.3 is 0 Å². The van der Waals surface area contributed by atoms with Crippen LogP contribution in [0.15, 0.2) is 18.3 Å². The summed E-state index contributed by atoms with van der Waals surface area (Å²) in [7, 11) is 1.43. The number of methoxy groups -OCH3 is 1. The number of pyridine rings is 1. The lowest BCUT2D eigenvalue weighted by Gasteiger charge is -2.35. The number of benzene rings is 1. The lowest BCUT2D eigenvalue weighted by molar-refractivity contribution is -0.121. The predicted octanol–water partition coefficient (Wildman–Crippen LogP) is 3.26. The molecule has 7 heteroatoms. The van der Waals surface area contributed by atoms with Gasteiger partial charge in [0.25, 0.3) is 0 Å². The number of aryl methyl sites for hydroxylation is 1. The summed E-state index contributed by atoms with van der Waals surface area (Å²) in [6.07, 6.45) is 2.70. The summed E-state index contributed by atoms with van der Waals surface area (Å²) in [6.45, 7) is 1.53. The molecule has 1 amide bonds. The van der Waals surface area contributed by atoms with Crippen molar-refractivity contribution in [3.8, 4) is 6.07 Å². The molecule has 2 aromatic rings. The van der Waals surface area contributed by atoms with Gasteiger partial charge in [0.05, 0.1) is 18.6 Å². The van der Waals surface area contributed by atoms with Crippen molar-refractivity contribution in [3.05, 3.63) is 57.9 Å². The molecule has 0 saturated heterocycles. The van der Waals surface area contributed by atoms with Gasteiger partial charge in [-0.2, -0.15) is 5.26 Å². The zero-order chi connectivity index (χ0) is 19.3. The Morgan fingerprint density at radius 1 is 1.33 bits per heavy atom. The standard InChI is InChI=1S/C20H17F2N3O2/c1-11-5-12(10-27-2)17(22)18(16(11)21)25-9-13-8-24-14(7-23)6-15(13)20(3-4-20)19(25)26/h5-6,8H,3-4,9-10H2,1-2H3. The molecule has 27 heavy (non-hydrogen) atoms. The average Bonchev–Trinajstić information content (AvgIpc) is 3.46. The number of halogens is 2. The maximum Gasteiger partial charge on any atom is 0.238 e. The number of nitrogens with zero attached hydrogens (tertiary/aromatic N) is 3. The smallest absolute Gasteiger partial charge is 0.238 e. The number of anilines is 1. The van der Waals surface area contributed by atoms with Gasteiger partial charge in [0.1, 0.15) is 17.5 Å². The summed E-state index contributed by atoms with van der Waals surface area (Å²) in [5.41, 5.74) is 0.991. The van der Waals surface area contributed by atoms with E-state index in [0.717, 1.165) is 5.56 Å². The number of amides is 1. The molecule has 0 bridgehead atoms. The summed E-state index contributed by atoms with van der Waals surface area (Å²) in [5.74, 6) is -1.87. The largest absolute Gasteiger partial charge is 0.380 e. The minimum Gasteiger partial charge on any atom is -0.380 e. The molecule has 0 unspecified atom stereocenters. The second-order valence-electron chi connectivity index (χ2n) is 7.07. The minimum absolute atomic E-state index is 0.0122. The Balaban J connectivity index is 1.87. The Morgan fingerprint density at radius 3 is 2.70 bits per heavy atom. The lowest BCUT2D eigenvalue weighted by atomic mass is 9.86. The zero-order valence-electron chi connectivity index (χ0n) is 15.0. The Morgan fingerprint density at radius 2 is 2.07 bits per heavy atom. The molecule has 138 valence electrons. The van der Waals surface area contributed by atoms with Gasteiger partial charge in [-0.25, -0.2) is 13.8 Å². The van der Waals surface area contributed by atoms with E-state index in [1.807, 2.05) is 6.07 Å². The molecule has 0 atom stereocenters. The molecule has 0 radical (unpaired) electrons. The van der Waals surface area contributed by atoms with E-state index in [4.69, 9.17) is 10.00 Å². The highest BCUT2D eigenvalue weighted by Gasteiger charge is 2.57. The van der Waals surface area contributed by atoms with Gasteiger partial charge in [-0.05, 0) is 48.6 Å². The topological polar surface area (TPSA) is 66.2 Å². The van der Waals surface area contributed by atoms with Gasteiger partial charge in [-0.15, -0.1) is 0 Å². The van der Waals surface area contributed by atoms with Gasteiger partial charge in [-0.3, -0.25) is 4.79 Å². The van der Waals surface area contributed by atoms with Crippen molar-refractivity contribution < 1.29 is 18.3 Å². The van der Waals surface area contributed by atoms with Crippen LogP contribution in [0.2, 0.25) is 0 Å². The van der Waals surface area contributed by atoms with E-state index in [9.17, 15) is 9.18 Å². The molecule has 1 saturated carbocycles. The maximum absolute atomic E-state index is 15.1. The molecule has 0 N–H and O–H groups in total. The number of carbonyl (C=O) groups is 1. The second kappa shape index (κ2) is 6.10. The number of ether oxygens (including phenoxy) is 1. The average molecular weight is 369 g/mol. The first-order valence-corrected chi connectivity index (χ1v) is 8.61. The van der Waals surface area contributed by atoms with Gasteiger partial charge in [0, 0.05) is 18.9 Å². The first-order valence-electron chi connectivity index (χ1n) is 8.61. The highest BCUT2D eigenvalue weighted by molar-refractivity contribution is 6.05. The number of hydrogen-bond donors (Lipinski definition) is 0. The van der Waals surface area contributed by atoms with Crippen LogP contribution < -0.4 is 4.90 Å². The molecule has 5 nitrogen and oxygen atoms in total. The molecule has 1 aliphatic carbocycles. The van der Waals surface area contributed by atoms with Gasteiger partial charge in [0.15, 0.2) is 11.6 Å². The van der Waals surface area contributed by atoms with Crippen LogP contribution in [0.3, 0.4) is 0 Å². The number of fused-ring (bicyclic) bond motifs is 2. The minimum atomic E-state index is -0.813. The monoisotopic (exact) mass is 369 g/mol. The highest BCUT2D eigenvalue weighted by Crippen LogP contribution is 2.54. The third-order valence-electron chi connectivity index (χ3n) is 5.35. The van der Waals surface area contributed by atoms with Crippen molar-refractivity contribution in [1.82, 2.24) is 4.98 Å². The van der Waals surface area contributed by atoms with Gasteiger partial charge in [-0.1, -0.05) is 0 Å². The van der Waals surface area contributed by atoms with Crippen molar-refractivity contribution >= 4 is 11.6 Å². The van der Waals surface area contributed by atoms with Gasteiger partial charge < -0.3 is 9.64 Å². The third-order valence-corrected chi connectivity index (χ3v) is 5.35. The summed E-state index contributed by atoms with van der Waals surface area (Å²) >= 11 is 0. The fraction of sp³-hybridized carbons (Fsp3) is 0.350. The molecule has 1 aromatic carbocycles. The zero-order valence-corrected chi connectivity index (χ0v) is 15.0. The number of nitriles is 1. The Hall–Kier alpha value is -2.85. The molecular weight excluding hydrogens is 352 g/mol. The van der Waals surface area contributed by atoms with Crippen LogP contribution >= 0.6 is 0 Å². The molecular formula is C20H17F2N3O2. The molecule has 1 aliphatic heterocycles. The Kier molecular flexibility index (Phi) is 3.97. The fourth-order valence-corrected chi connectivity index (χ4v) is 3.84. The van der Waals surface area contributed by atoms with E-state index in [0.29, 0.717) is 18.4 Å². The van der Waals surface area contributed by atoms with Crippen LogP contribution in [0.4, 0.5) is 14.5 Å². The van der Waals surface area contributed by atoms with E-state index < -0.39 is 17.0 Å². The quantitative estimate of drug-likeness (QED) is 0.833. The second-order valence-corrected chi connectivity index (χ2v) is 7.07. The van der Waals surface area contributed by atoms with Crippen LogP contribution in [-0.4, -0.2) is 18.0 Å². The predicted molar refractivity (Wildman–Crippen MR) is 92.9 cm³/mol. The molecule has 2 heterocycles. The van der Waals surface area contributed by atoms with Crippen molar-refractivity contribution in [1.29, 1.82) is 5.26 Å². The molecule has 1 spiro atoms. The lowest BCUT2D eigenvalue weighted by Crippen LogP contribution is -2.45. The van der Waals surface area contributed by atoms with E-state index in [1.165, 1.54) is 31.2 Å². The van der Waals surface area contributed by atoms with Crippen molar-refractivity contribution in [2.45, 2.75) is 38.3 Å². The molecule has 2 aliphatic rings. The molecule has 4 rings (SSSR count). The Bertz CT molecular complexity index is 1010. The first-order chi connectivity index (χ1) is 12.9. The summed E-state index contributed by atoms with van der Waals surface area (Å²) < 4.78 is 34.9. The van der Waals surface area contributed by atoms with Crippen LogP contribution in [0.5, 0.6) is 0 Å². The van der Waals surface area contributed by atoms with E-state index >= 15 is 4.39 Å². The van der Waals surface area contributed by atoms with E-state index in [2.05, 4.69) is 4.98 Å². The number of aromatic nitrogens is 1. The SMILES string of the molecule is COCc1cc(C)c(F)c(N2Cc3cnc(C#N)cc3C3(CC3)C2=O)c1F. The van der Waals surface area contributed by atoms with Crippen LogP contribution in [0.25, 0.3) is 0 Å². The van der Waals surface area contributed by atoms with Crippen LogP contribution in [-0.2, 0) is 28.1 Å². The fourth-order valence-electron chi connectivity index (χ4n) is 3.84. The van der Waals surface area contributed by atoms with Gasteiger partial charge in [0.2, 0.25) is 5.91 Å². The first kappa shape index (κ1) is 17.6. The molecule has 1 aromatic heterocycles. The van der Waals surface area contributed by atoms with E-state index in [1.54, 1.807) is 6.07 Å². The normalized spacial score (nSPS) is 17.0. The number of rotatable bonds is 3. The number of carbonyl (C=O) groups excluding carboxylic acids is 1. The maximum atomic E-state index is 15.1. The van der Waals surface area contributed by atoms with Crippen molar-refractivity contribution in [2.75, 3.05) is 12.0 Å². The number of hydrogen-bond acceptors (Lipinski definition) is 4. The summed E-state index contributed by atoms with van der Waals surface area (Å²) in [4.78, 5) is 18.5. The third kappa shape index (κ3) is 2.52. The highest BCUT2D eigenvalue weighted by atomic mass is 19.1. The van der Waals surface area contributed by atoms with Crippen LogP contribution in [0, 0.1) is 29.9 Å². The Labute approximate surface area is 155 Å².